The number of nitrogens with zero attached hydrogens (tertiary/aromatic N) is 2. The van der Waals surface area contributed by atoms with Gasteiger partial charge in [0.2, 0.25) is 0 Å². The van der Waals surface area contributed by atoms with E-state index in [1.54, 1.807) is 0 Å². The maximum absolute atomic E-state index is 11.9. The Morgan fingerprint density at radius 1 is 1.50 bits per heavy atom. The Morgan fingerprint density at radius 2 is 2.06 bits per heavy atom. The lowest BCUT2D eigenvalue weighted by molar-refractivity contribution is -0.132. The molecular formula is C9H20N2O4S. The van der Waals surface area contributed by atoms with Gasteiger partial charge in [0.15, 0.2) is 0 Å². The fourth-order valence-electron chi connectivity index (χ4n) is 1.74. The number of hydrogen-bond acceptors (Lipinski definition) is 4. The molecule has 1 aliphatic rings. The summed E-state index contributed by atoms with van der Waals surface area (Å²) in [7, 11) is -0.455. The molecule has 0 spiro atoms. The van der Waals surface area contributed by atoms with Crippen molar-refractivity contribution in [2.75, 3.05) is 33.8 Å². The van der Waals surface area contributed by atoms with Gasteiger partial charge >= 0.3 is 0 Å². The molecule has 0 aliphatic carbocycles. The first-order chi connectivity index (χ1) is 7.19. The summed E-state index contributed by atoms with van der Waals surface area (Å²) in [5.41, 5.74) is -0.575. The predicted octanol–water partition coefficient (Wildman–Crippen LogP) is -0.735. The molecule has 0 bridgehead atoms. The van der Waals surface area contributed by atoms with E-state index in [9.17, 15) is 8.42 Å². The highest BCUT2D eigenvalue weighted by atomic mass is 32.2. The predicted molar refractivity (Wildman–Crippen MR) is 60.2 cm³/mol. The van der Waals surface area contributed by atoms with Crippen molar-refractivity contribution in [3.05, 3.63) is 0 Å². The lowest BCUT2D eigenvalue weighted by Gasteiger charge is -2.42. The van der Waals surface area contributed by atoms with Crippen molar-refractivity contribution < 1.29 is 18.3 Å². The van der Waals surface area contributed by atoms with Gasteiger partial charge in [-0.1, -0.05) is 0 Å². The van der Waals surface area contributed by atoms with Crippen LogP contribution in [0, 0.1) is 0 Å². The first-order valence-electron chi connectivity index (χ1n) is 5.15. The van der Waals surface area contributed by atoms with E-state index >= 15 is 0 Å². The summed E-state index contributed by atoms with van der Waals surface area (Å²) in [6, 6.07) is 0. The molecule has 1 atom stereocenters. The second-order valence-electron chi connectivity index (χ2n) is 4.76. The zero-order chi connectivity index (χ0) is 12.6. The molecule has 1 aliphatic heterocycles. The molecule has 16 heavy (non-hydrogen) atoms. The molecule has 0 amide bonds. The summed E-state index contributed by atoms with van der Waals surface area (Å²) in [5, 5.41) is 9.09. The maximum atomic E-state index is 11.9. The van der Waals surface area contributed by atoms with Gasteiger partial charge < -0.3 is 9.84 Å². The van der Waals surface area contributed by atoms with Crippen LogP contribution < -0.4 is 0 Å². The van der Waals surface area contributed by atoms with Crippen LogP contribution >= 0.6 is 0 Å². The third kappa shape index (κ3) is 2.92. The van der Waals surface area contributed by atoms with Crippen molar-refractivity contribution >= 4 is 10.2 Å². The maximum Gasteiger partial charge on any atom is 0.281 e. The Labute approximate surface area is 97.0 Å². The van der Waals surface area contributed by atoms with Crippen LogP contribution in [0.4, 0.5) is 0 Å². The van der Waals surface area contributed by atoms with Crippen LogP contribution in [0.3, 0.4) is 0 Å². The van der Waals surface area contributed by atoms with Crippen molar-refractivity contribution in [3.8, 4) is 0 Å². The van der Waals surface area contributed by atoms with E-state index in [0.29, 0.717) is 6.54 Å². The number of ether oxygens (including phenoxy) is 1. The minimum Gasteiger partial charge on any atom is -0.394 e. The number of rotatable bonds is 3. The van der Waals surface area contributed by atoms with Gasteiger partial charge in [0.25, 0.3) is 10.2 Å². The molecule has 0 saturated carbocycles. The highest BCUT2D eigenvalue weighted by Crippen LogP contribution is 2.23. The van der Waals surface area contributed by atoms with Gasteiger partial charge in [0.1, 0.15) is 0 Å². The number of hydrogen-bond donors (Lipinski definition) is 1. The number of aliphatic hydroxyl groups excluding tert-OH is 1. The van der Waals surface area contributed by atoms with Gasteiger partial charge in [-0.2, -0.15) is 17.0 Å². The number of morpholine rings is 1. The topological polar surface area (TPSA) is 70.1 Å². The van der Waals surface area contributed by atoms with Gasteiger partial charge in [0.05, 0.1) is 18.3 Å². The van der Waals surface area contributed by atoms with E-state index in [2.05, 4.69) is 0 Å². The lowest BCUT2D eigenvalue weighted by Crippen LogP contribution is -2.57. The average molecular weight is 252 g/mol. The van der Waals surface area contributed by atoms with Crippen LogP contribution in [0.2, 0.25) is 0 Å². The van der Waals surface area contributed by atoms with E-state index in [0.717, 1.165) is 0 Å². The molecule has 0 aromatic heterocycles. The van der Waals surface area contributed by atoms with Gasteiger partial charge in [-0.3, -0.25) is 0 Å². The average Bonchev–Trinajstić information content (AvgIpc) is 2.14. The van der Waals surface area contributed by atoms with E-state index in [4.69, 9.17) is 9.84 Å². The molecule has 96 valence electrons. The van der Waals surface area contributed by atoms with Crippen LogP contribution in [0.15, 0.2) is 0 Å². The highest BCUT2D eigenvalue weighted by Gasteiger charge is 2.39. The zero-order valence-corrected chi connectivity index (χ0v) is 11.0. The molecule has 0 aromatic carbocycles. The fourth-order valence-corrected chi connectivity index (χ4v) is 3.03. The van der Waals surface area contributed by atoms with Crippen molar-refractivity contribution in [2.24, 2.45) is 0 Å². The Hall–Kier alpha value is -0.210. The Kier molecular flexibility index (Phi) is 3.96. The summed E-state index contributed by atoms with van der Waals surface area (Å²) in [6.45, 7) is 3.94. The normalized spacial score (nSPS) is 27.2. The monoisotopic (exact) mass is 252 g/mol. The fraction of sp³-hybridized carbons (Fsp3) is 1.00. The van der Waals surface area contributed by atoms with Crippen LogP contribution in [0.1, 0.15) is 13.8 Å². The Morgan fingerprint density at radius 3 is 2.50 bits per heavy atom. The minimum atomic E-state index is -3.44. The van der Waals surface area contributed by atoms with Crippen LogP contribution in [-0.2, 0) is 14.9 Å². The smallest absolute Gasteiger partial charge is 0.281 e. The molecule has 1 rings (SSSR count). The first-order valence-corrected chi connectivity index (χ1v) is 6.55. The first kappa shape index (κ1) is 13.9. The molecule has 6 nitrogen and oxygen atoms in total. The second-order valence-corrected chi connectivity index (χ2v) is 6.91. The van der Waals surface area contributed by atoms with E-state index < -0.39 is 21.9 Å². The van der Waals surface area contributed by atoms with Gasteiger partial charge in [-0.05, 0) is 13.8 Å². The standard InChI is InChI=1S/C9H20N2O4S/c1-9(2)7-11(5-8(6-12)15-9)16(13,14)10(3)4/h8,12H,5-7H2,1-4H3. The quantitative estimate of drug-likeness (QED) is 0.718. The number of aliphatic hydroxyl groups is 1. The highest BCUT2D eigenvalue weighted by molar-refractivity contribution is 7.86. The molecule has 1 heterocycles. The summed E-state index contributed by atoms with van der Waals surface area (Å²) in [6.07, 6.45) is -0.460. The van der Waals surface area contributed by atoms with Crippen molar-refractivity contribution in [3.63, 3.8) is 0 Å². The molecule has 0 radical (unpaired) electrons. The molecule has 0 aromatic rings. The minimum absolute atomic E-state index is 0.178. The lowest BCUT2D eigenvalue weighted by atomic mass is 10.1. The molecule has 1 fully saturated rings. The van der Waals surface area contributed by atoms with Crippen molar-refractivity contribution in [2.45, 2.75) is 25.6 Å². The zero-order valence-electron chi connectivity index (χ0n) is 10.2. The summed E-state index contributed by atoms with van der Waals surface area (Å²) >= 11 is 0. The van der Waals surface area contributed by atoms with Crippen molar-refractivity contribution in [1.29, 1.82) is 0 Å². The van der Waals surface area contributed by atoms with Crippen molar-refractivity contribution in [1.82, 2.24) is 8.61 Å². The van der Waals surface area contributed by atoms with E-state index in [1.165, 1.54) is 22.7 Å². The van der Waals surface area contributed by atoms with Crippen LogP contribution in [0.25, 0.3) is 0 Å². The van der Waals surface area contributed by atoms with Crippen LogP contribution in [0.5, 0.6) is 0 Å². The largest absolute Gasteiger partial charge is 0.394 e. The summed E-state index contributed by atoms with van der Waals surface area (Å²) in [4.78, 5) is 0. The SMILES string of the molecule is CN(C)S(=O)(=O)N1CC(CO)OC(C)(C)C1. The second kappa shape index (κ2) is 4.58. The van der Waals surface area contributed by atoms with E-state index in [1.807, 2.05) is 13.8 Å². The van der Waals surface area contributed by atoms with Gasteiger partial charge in [0, 0.05) is 27.2 Å². The molecule has 1 N–H and O–H groups in total. The van der Waals surface area contributed by atoms with Gasteiger partial charge in [-0.15, -0.1) is 0 Å². The molecule has 7 heteroatoms. The van der Waals surface area contributed by atoms with Crippen LogP contribution in [-0.4, -0.2) is 67.6 Å². The third-order valence-electron chi connectivity index (χ3n) is 2.44. The molecule has 1 saturated heterocycles. The molecular weight excluding hydrogens is 232 g/mol. The summed E-state index contributed by atoms with van der Waals surface area (Å²) in [5.74, 6) is 0. The third-order valence-corrected chi connectivity index (χ3v) is 4.30. The molecule has 1 unspecified atom stereocenters. The Bertz CT molecular complexity index is 339. The van der Waals surface area contributed by atoms with Gasteiger partial charge in [-0.25, -0.2) is 0 Å². The van der Waals surface area contributed by atoms with E-state index in [-0.39, 0.29) is 13.2 Å². The summed E-state index contributed by atoms with van der Waals surface area (Å²) < 4.78 is 32.0. The Balaban J connectivity index is 2.90.